The molecule has 2 aromatic rings. The molecule has 0 atom stereocenters. The summed E-state index contributed by atoms with van der Waals surface area (Å²) in [6, 6.07) is 4.25. The molecule has 1 aliphatic heterocycles. The molecule has 92 valence electrons. The predicted octanol–water partition coefficient (Wildman–Crippen LogP) is -0.186. The van der Waals surface area contributed by atoms with E-state index in [1.165, 1.54) is 6.07 Å². The zero-order valence-corrected chi connectivity index (χ0v) is 9.10. The summed E-state index contributed by atoms with van der Waals surface area (Å²) in [5.74, 6) is -0.299. The van der Waals surface area contributed by atoms with Gasteiger partial charge in [0.2, 0.25) is 6.79 Å². The second kappa shape index (κ2) is 3.76. The highest BCUT2D eigenvalue weighted by Gasteiger charge is 2.17. The van der Waals surface area contributed by atoms with Crippen molar-refractivity contribution in [1.82, 2.24) is 0 Å². The number of hydrogen-bond acceptors (Lipinski definition) is 6. The lowest BCUT2D eigenvalue weighted by atomic mass is 10.1. The minimum absolute atomic E-state index is 0.0890. The lowest BCUT2D eigenvalue weighted by molar-refractivity contribution is -0.304. The summed E-state index contributed by atoms with van der Waals surface area (Å²) < 4.78 is 15.4. The highest BCUT2D eigenvalue weighted by atomic mass is 16.7. The fourth-order valence-electron chi connectivity index (χ4n) is 1.92. The van der Waals surface area contributed by atoms with Gasteiger partial charge < -0.3 is 23.8 Å². The maximum Gasteiger partial charge on any atom is 0.336 e. The van der Waals surface area contributed by atoms with E-state index >= 15 is 0 Å². The Kier molecular flexibility index (Phi) is 2.22. The van der Waals surface area contributed by atoms with Crippen LogP contribution in [0, 0.1) is 0 Å². The number of carboxylic acid groups (broad SMARTS) is 1. The van der Waals surface area contributed by atoms with Crippen LogP contribution in [0.15, 0.2) is 27.4 Å². The molecule has 3 rings (SSSR count). The molecule has 0 saturated heterocycles. The van der Waals surface area contributed by atoms with Gasteiger partial charge in [-0.25, -0.2) is 4.79 Å². The molecular weight excluding hydrogens is 240 g/mol. The number of carboxylic acids is 1. The molecule has 0 bridgehead atoms. The molecule has 0 aliphatic carbocycles. The molecule has 0 fully saturated rings. The Hall–Kier alpha value is -2.50. The van der Waals surface area contributed by atoms with Gasteiger partial charge in [-0.2, -0.15) is 0 Å². The number of carbonyl (C=O) groups excluding carboxylic acids is 1. The first-order chi connectivity index (χ1) is 8.63. The lowest BCUT2D eigenvalue weighted by Crippen LogP contribution is -2.25. The van der Waals surface area contributed by atoms with E-state index in [1.807, 2.05) is 0 Å². The van der Waals surface area contributed by atoms with Gasteiger partial charge in [0.1, 0.15) is 5.58 Å². The van der Waals surface area contributed by atoms with Crippen molar-refractivity contribution in [3.05, 3.63) is 34.2 Å². The third kappa shape index (κ3) is 1.67. The van der Waals surface area contributed by atoms with E-state index in [1.54, 1.807) is 6.07 Å². The minimum atomic E-state index is -1.26. The van der Waals surface area contributed by atoms with E-state index in [0.717, 1.165) is 6.07 Å². The fourth-order valence-corrected chi connectivity index (χ4v) is 1.92. The number of ether oxygens (including phenoxy) is 2. The predicted molar refractivity (Wildman–Crippen MR) is 57.3 cm³/mol. The second-order valence-corrected chi connectivity index (χ2v) is 3.84. The molecule has 1 aromatic carbocycles. The standard InChI is InChI=1S/C12H8O6/c13-11(14)1-6-2-12(15)18-8-4-10-9(3-7(6)8)16-5-17-10/h2-4H,1,5H2,(H,13,14)/p-1. The van der Waals surface area contributed by atoms with Gasteiger partial charge in [-0.1, -0.05) is 0 Å². The van der Waals surface area contributed by atoms with Crippen LogP contribution in [0.2, 0.25) is 0 Å². The average molecular weight is 247 g/mol. The molecule has 2 heterocycles. The van der Waals surface area contributed by atoms with Gasteiger partial charge in [0, 0.05) is 29.9 Å². The van der Waals surface area contributed by atoms with Crippen LogP contribution >= 0.6 is 0 Å². The summed E-state index contributed by atoms with van der Waals surface area (Å²) in [5, 5.41) is 11.2. The van der Waals surface area contributed by atoms with E-state index in [0.29, 0.717) is 22.4 Å². The largest absolute Gasteiger partial charge is 0.550 e. The van der Waals surface area contributed by atoms with E-state index in [2.05, 4.69) is 0 Å². The van der Waals surface area contributed by atoms with Crippen molar-refractivity contribution in [1.29, 1.82) is 0 Å². The van der Waals surface area contributed by atoms with Crippen LogP contribution in [0.5, 0.6) is 11.5 Å². The molecule has 6 nitrogen and oxygen atoms in total. The average Bonchev–Trinajstić information content (AvgIpc) is 2.72. The molecule has 0 saturated carbocycles. The smallest absolute Gasteiger partial charge is 0.336 e. The van der Waals surface area contributed by atoms with Crippen molar-refractivity contribution in [3.63, 3.8) is 0 Å². The number of carbonyl (C=O) groups is 1. The minimum Gasteiger partial charge on any atom is -0.550 e. The Morgan fingerprint density at radius 2 is 1.94 bits per heavy atom. The van der Waals surface area contributed by atoms with Crippen LogP contribution in [0.3, 0.4) is 0 Å². The van der Waals surface area contributed by atoms with Gasteiger partial charge in [-0.3, -0.25) is 0 Å². The topological polar surface area (TPSA) is 88.8 Å². The van der Waals surface area contributed by atoms with Crippen LogP contribution in [0.1, 0.15) is 5.56 Å². The van der Waals surface area contributed by atoms with Gasteiger partial charge in [0.05, 0.1) is 0 Å². The third-order valence-corrected chi connectivity index (χ3v) is 2.66. The lowest BCUT2D eigenvalue weighted by Gasteiger charge is -2.06. The Bertz CT molecular complexity index is 700. The highest BCUT2D eigenvalue weighted by molar-refractivity contribution is 5.87. The van der Waals surface area contributed by atoms with Crippen LogP contribution in [0.4, 0.5) is 0 Å². The molecule has 1 aromatic heterocycles. The number of aliphatic carboxylic acids is 1. The zero-order valence-electron chi connectivity index (χ0n) is 9.10. The van der Waals surface area contributed by atoms with Crippen molar-refractivity contribution in [2.75, 3.05) is 6.79 Å². The number of rotatable bonds is 2. The van der Waals surface area contributed by atoms with Crippen LogP contribution in [0.25, 0.3) is 11.0 Å². The molecule has 0 radical (unpaired) electrons. The third-order valence-electron chi connectivity index (χ3n) is 2.66. The van der Waals surface area contributed by atoms with Gasteiger partial charge in [0.25, 0.3) is 0 Å². The van der Waals surface area contributed by atoms with Gasteiger partial charge in [-0.05, 0) is 11.6 Å². The van der Waals surface area contributed by atoms with Crippen molar-refractivity contribution in [2.24, 2.45) is 0 Å². The Balaban J connectivity index is 2.28. The Labute approximate surface area is 100 Å². The first-order valence-corrected chi connectivity index (χ1v) is 5.20. The van der Waals surface area contributed by atoms with E-state index in [-0.39, 0.29) is 18.8 Å². The van der Waals surface area contributed by atoms with Crippen LogP contribution in [-0.2, 0) is 11.2 Å². The molecule has 0 amide bonds. The number of benzene rings is 1. The summed E-state index contributed by atoms with van der Waals surface area (Å²) in [5.41, 5.74) is -0.0137. The summed E-state index contributed by atoms with van der Waals surface area (Å²) in [4.78, 5) is 22.0. The maximum absolute atomic E-state index is 11.3. The molecule has 6 heteroatoms. The van der Waals surface area contributed by atoms with Crippen molar-refractivity contribution >= 4 is 16.9 Å². The monoisotopic (exact) mass is 247 g/mol. The Morgan fingerprint density at radius 1 is 1.22 bits per heavy atom. The van der Waals surface area contributed by atoms with E-state index < -0.39 is 11.6 Å². The van der Waals surface area contributed by atoms with Gasteiger partial charge in [0.15, 0.2) is 11.5 Å². The SMILES string of the molecule is O=C([O-])Cc1cc(=O)oc2cc3c(cc12)OCO3. The summed E-state index contributed by atoms with van der Waals surface area (Å²) >= 11 is 0. The van der Waals surface area contributed by atoms with Crippen molar-refractivity contribution in [2.45, 2.75) is 6.42 Å². The van der Waals surface area contributed by atoms with Crippen molar-refractivity contribution < 1.29 is 23.8 Å². The van der Waals surface area contributed by atoms with Crippen molar-refractivity contribution in [3.8, 4) is 11.5 Å². The molecular formula is C12H7O6-. The first kappa shape index (κ1) is 10.6. The normalized spacial score (nSPS) is 12.9. The van der Waals surface area contributed by atoms with E-state index in [9.17, 15) is 14.7 Å². The number of hydrogen-bond donors (Lipinski definition) is 0. The van der Waals surface area contributed by atoms with Crippen LogP contribution < -0.4 is 20.2 Å². The Morgan fingerprint density at radius 3 is 2.67 bits per heavy atom. The summed E-state index contributed by atoms with van der Waals surface area (Å²) in [7, 11) is 0. The molecule has 1 aliphatic rings. The van der Waals surface area contributed by atoms with Gasteiger partial charge in [-0.15, -0.1) is 0 Å². The maximum atomic E-state index is 11.3. The molecule has 0 unspecified atom stereocenters. The second-order valence-electron chi connectivity index (χ2n) is 3.84. The fraction of sp³-hybridized carbons (Fsp3) is 0.167. The molecule has 0 spiro atoms. The highest BCUT2D eigenvalue weighted by Crippen LogP contribution is 2.36. The van der Waals surface area contributed by atoms with E-state index in [4.69, 9.17) is 13.9 Å². The quantitative estimate of drug-likeness (QED) is 0.683. The molecule has 0 N–H and O–H groups in total. The van der Waals surface area contributed by atoms with Crippen LogP contribution in [-0.4, -0.2) is 12.8 Å². The summed E-state index contributed by atoms with van der Waals surface area (Å²) in [6.07, 6.45) is -0.359. The zero-order chi connectivity index (χ0) is 12.7. The summed E-state index contributed by atoms with van der Waals surface area (Å²) in [6.45, 7) is 0.0890. The van der Waals surface area contributed by atoms with Gasteiger partial charge >= 0.3 is 5.63 Å². The molecule has 18 heavy (non-hydrogen) atoms. The number of fused-ring (bicyclic) bond motifs is 2. The first-order valence-electron chi connectivity index (χ1n) is 5.20.